The van der Waals surface area contributed by atoms with E-state index >= 15 is 0 Å². The first-order chi connectivity index (χ1) is 9.35. The van der Waals surface area contributed by atoms with Gasteiger partial charge in [0.15, 0.2) is 5.82 Å². The van der Waals surface area contributed by atoms with E-state index in [9.17, 15) is 22.9 Å². The van der Waals surface area contributed by atoms with Crippen molar-refractivity contribution in [1.82, 2.24) is 4.72 Å². The predicted octanol–water partition coefficient (Wildman–Crippen LogP) is 0.850. The molecule has 0 saturated heterocycles. The largest absolute Gasteiger partial charge is 0.323 e. The third kappa shape index (κ3) is 2.71. The molecule has 0 radical (unpaired) electrons. The predicted molar refractivity (Wildman–Crippen MR) is 68.8 cm³/mol. The van der Waals surface area contributed by atoms with Gasteiger partial charge in [-0.25, -0.2) is 17.5 Å². The molecular weight excluding hydrogens is 291 g/mol. The van der Waals surface area contributed by atoms with Crippen LogP contribution in [-0.4, -0.2) is 19.4 Å². The fourth-order valence-electron chi connectivity index (χ4n) is 1.87. The molecule has 20 heavy (non-hydrogen) atoms. The van der Waals surface area contributed by atoms with Crippen LogP contribution < -0.4 is 16.0 Å². The molecule has 4 N–H and O–H groups in total. The molecule has 0 unspecified atom stereocenters. The lowest BCUT2D eigenvalue weighted by Crippen LogP contribution is -2.40. The van der Waals surface area contributed by atoms with Gasteiger partial charge in [0, 0.05) is 12.1 Å². The van der Waals surface area contributed by atoms with E-state index in [1.54, 1.807) is 0 Å². The second-order valence-electron chi connectivity index (χ2n) is 4.45. The van der Waals surface area contributed by atoms with Crippen molar-refractivity contribution in [2.45, 2.75) is 30.2 Å². The summed E-state index contributed by atoms with van der Waals surface area (Å²) in [6.07, 6.45) is 2.26. The van der Waals surface area contributed by atoms with Crippen molar-refractivity contribution in [3.63, 3.8) is 0 Å². The number of rotatable bonds is 5. The number of nitrogens with two attached hydrogens (primary N) is 1. The SMILES string of the molecule is NNc1cc([N+](=O)[O-])cc(F)c1S(=O)(=O)NC1CCC1. The van der Waals surface area contributed by atoms with E-state index < -0.39 is 31.3 Å². The number of nitrogens with one attached hydrogen (secondary N) is 2. The Morgan fingerprint density at radius 2 is 2.05 bits per heavy atom. The maximum Gasteiger partial charge on any atom is 0.274 e. The fraction of sp³-hybridized carbons (Fsp3) is 0.400. The Kier molecular flexibility index (Phi) is 3.88. The molecule has 0 bridgehead atoms. The Morgan fingerprint density at radius 1 is 1.40 bits per heavy atom. The van der Waals surface area contributed by atoms with Crippen LogP contribution >= 0.6 is 0 Å². The highest BCUT2D eigenvalue weighted by Gasteiger charge is 2.30. The number of halogens is 1. The van der Waals surface area contributed by atoms with Crippen LogP contribution in [0.1, 0.15) is 19.3 Å². The Bertz CT molecular complexity index is 645. The van der Waals surface area contributed by atoms with Crippen molar-refractivity contribution in [2.24, 2.45) is 5.84 Å². The molecule has 0 aliphatic heterocycles. The minimum atomic E-state index is -4.13. The van der Waals surface area contributed by atoms with Crippen molar-refractivity contribution < 1.29 is 17.7 Å². The minimum absolute atomic E-state index is 0.236. The third-order valence-corrected chi connectivity index (χ3v) is 4.69. The monoisotopic (exact) mass is 304 g/mol. The number of benzene rings is 1. The van der Waals surface area contributed by atoms with E-state index in [2.05, 4.69) is 4.72 Å². The van der Waals surface area contributed by atoms with Gasteiger partial charge in [-0.1, -0.05) is 6.42 Å². The Hall–Kier alpha value is -1.78. The summed E-state index contributed by atoms with van der Waals surface area (Å²) in [5.74, 6) is 3.91. The summed E-state index contributed by atoms with van der Waals surface area (Å²) >= 11 is 0. The van der Waals surface area contributed by atoms with Crippen molar-refractivity contribution in [1.29, 1.82) is 0 Å². The lowest BCUT2D eigenvalue weighted by Gasteiger charge is -2.26. The highest BCUT2D eigenvalue weighted by molar-refractivity contribution is 7.89. The minimum Gasteiger partial charge on any atom is -0.323 e. The van der Waals surface area contributed by atoms with Crippen LogP contribution in [0.15, 0.2) is 17.0 Å². The molecule has 0 amide bonds. The van der Waals surface area contributed by atoms with Crippen LogP contribution in [-0.2, 0) is 10.0 Å². The second-order valence-corrected chi connectivity index (χ2v) is 6.11. The van der Waals surface area contributed by atoms with Crippen molar-refractivity contribution in [2.75, 3.05) is 5.43 Å². The topological polar surface area (TPSA) is 127 Å². The van der Waals surface area contributed by atoms with E-state index in [0.717, 1.165) is 12.5 Å². The van der Waals surface area contributed by atoms with E-state index in [1.165, 1.54) is 0 Å². The normalized spacial score (nSPS) is 15.7. The molecule has 8 nitrogen and oxygen atoms in total. The average Bonchev–Trinajstić information content (AvgIpc) is 2.32. The van der Waals surface area contributed by atoms with Crippen LogP contribution in [0.25, 0.3) is 0 Å². The molecule has 1 aromatic rings. The lowest BCUT2D eigenvalue weighted by molar-refractivity contribution is -0.385. The number of hydrogen-bond donors (Lipinski definition) is 3. The van der Waals surface area contributed by atoms with E-state index in [4.69, 9.17) is 5.84 Å². The van der Waals surface area contributed by atoms with E-state index in [-0.39, 0.29) is 11.7 Å². The highest BCUT2D eigenvalue weighted by atomic mass is 32.2. The number of hydrazine groups is 1. The summed E-state index contributed by atoms with van der Waals surface area (Å²) in [5.41, 5.74) is 1.04. The Balaban J connectivity index is 2.46. The number of hydrogen-bond acceptors (Lipinski definition) is 6. The molecule has 0 atom stereocenters. The van der Waals surface area contributed by atoms with Gasteiger partial charge in [-0.05, 0) is 12.8 Å². The van der Waals surface area contributed by atoms with Crippen LogP contribution in [0, 0.1) is 15.9 Å². The smallest absolute Gasteiger partial charge is 0.274 e. The fourth-order valence-corrected chi connectivity index (χ4v) is 3.38. The summed E-state index contributed by atoms with van der Waals surface area (Å²) < 4.78 is 40.4. The summed E-state index contributed by atoms with van der Waals surface area (Å²) in [6, 6.07) is 1.19. The van der Waals surface area contributed by atoms with Crippen molar-refractivity contribution in [3.8, 4) is 0 Å². The Morgan fingerprint density at radius 3 is 2.50 bits per heavy atom. The maximum absolute atomic E-state index is 13.9. The van der Waals surface area contributed by atoms with Gasteiger partial charge in [0.25, 0.3) is 5.69 Å². The first kappa shape index (κ1) is 14.6. The average molecular weight is 304 g/mol. The first-order valence-electron chi connectivity index (χ1n) is 5.82. The lowest BCUT2D eigenvalue weighted by atomic mass is 9.94. The first-order valence-corrected chi connectivity index (χ1v) is 7.30. The third-order valence-electron chi connectivity index (χ3n) is 3.09. The molecule has 0 heterocycles. The molecule has 2 rings (SSSR count). The van der Waals surface area contributed by atoms with Gasteiger partial charge in [-0.15, -0.1) is 0 Å². The number of nitro benzene ring substituents is 1. The highest BCUT2D eigenvalue weighted by Crippen LogP contribution is 2.30. The van der Waals surface area contributed by atoms with Gasteiger partial charge < -0.3 is 5.43 Å². The van der Waals surface area contributed by atoms with E-state index in [1.807, 2.05) is 5.43 Å². The van der Waals surface area contributed by atoms with Gasteiger partial charge in [0.1, 0.15) is 4.90 Å². The molecule has 0 spiro atoms. The quantitative estimate of drug-likeness (QED) is 0.420. The summed E-state index contributed by atoms with van der Waals surface area (Å²) in [6.45, 7) is 0. The number of nitrogens with zero attached hydrogens (tertiary/aromatic N) is 1. The molecule has 1 aromatic carbocycles. The van der Waals surface area contributed by atoms with Crippen LogP contribution in [0.4, 0.5) is 15.8 Å². The Labute approximate surface area is 114 Å². The van der Waals surface area contributed by atoms with Crippen molar-refractivity contribution >= 4 is 21.4 Å². The van der Waals surface area contributed by atoms with Gasteiger partial charge in [0.2, 0.25) is 10.0 Å². The number of anilines is 1. The van der Waals surface area contributed by atoms with Crippen molar-refractivity contribution in [3.05, 3.63) is 28.1 Å². The molecule has 0 aromatic heterocycles. The molecule has 10 heteroatoms. The number of nitrogen functional groups attached to an aromatic ring is 1. The maximum atomic E-state index is 13.9. The molecule has 110 valence electrons. The zero-order valence-corrected chi connectivity index (χ0v) is 11.1. The van der Waals surface area contributed by atoms with Crippen LogP contribution in [0.3, 0.4) is 0 Å². The summed E-state index contributed by atoms with van der Waals surface area (Å²) in [5, 5.41) is 10.6. The molecule has 1 aliphatic carbocycles. The van der Waals surface area contributed by atoms with Gasteiger partial charge >= 0.3 is 0 Å². The number of sulfonamides is 1. The molecule has 1 fully saturated rings. The van der Waals surface area contributed by atoms with E-state index in [0.29, 0.717) is 18.9 Å². The summed E-state index contributed by atoms with van der Waals surface area (Å²) in [4.78, 5) is 9.08. The van der Waals surface area contributed by atoms with Gasteiger partial charge in [-0.2, -0.15) is 0 Å². The molecular formula is C10H13FN4O4S. The van der Waals surface area contributed by atoms with Gasteiger partial charge in [0.05, 0.1) is 16.7 Å². The van der Waals surface area contributed by atoms with Crippen LogP contribution in [0.2, 0.25) is 0 Å². The number of non-ortho nitro benzene ring substituents is 1. The zero-order valence-electron chi connectivity index (χ0n) is 10.3. The molecule has 1 saturated carbocycles. The second kappa shape index (κ2) is 5.31. The standard InChI is InChI=1S/C10H13FN4O4S/c11-8-4-7(15(16)17)5-9(13-12)10(8)20(18,19)14-6-2-1-3-6/h4-6,13-14H,1-3,12H2. The number of nitro groups is 1. The summed E-state index contributed by atoms with van der Waals surface area (Å²) in [7, 11) is -4.13. The molecule has 1 aliphatic rings. The van der Waals surface area contributed by atoms with Gasteiger partial charge in [-0.3, -0.25) is 16.0 Å². The van der Waals surface area contributed by atoms with Crippen LogP contribution in [0.5, 0.6) is 0 Å². The zero-order chi connectivity index (χ0) is 14.9.